The van der Waals surface area contributed by atoms with Gasteiger partial charge in [0, 0.05) is 25.3 Å². The number of amides is 1. The highest BCUT2D eigenvalue weighted by molar-refractivity contribution is 5.94. The molecule has 98 valence electrons. The summed E-state index contributed by atoms with van der Waals surface area (Å²) in [4.78, 5) is 14.5. The zero-order chi connectivity index (χ0) is 12.7. The Balaban J connectivity index is 1.82. The van der Waals surface area contributed by atoms with Gasteiger partial charge in [0.05, 0.1) is 5.69 Å². The van der Waals surface area contributed by atoms with E-state index in [1.165, 1.54) is 25.7 Å². The van der Waals surface area contributed by atoms with Gasteiger partial charge in [0.2, 0.25) is 0 Å². The summed E-state index contributed by atoms with van der Waals surface area (Å²) in [6, 6.07) is 2.74. The first-order valence-corrected chi connectivity index (χ1v) is 6.91. The third kappa shape index (κ3) is 2.00. The number of nitrogen functional groups attached to an aromatic ring is 1. The molecule has 1 heterocycles. The number of nitrogens with two attached hydrogens (primary N) is 1. The third-order valence-electron chi connectivity index (χ3n) is 4.22. The van der Waals surface area contributed by atoms with Crippen molar-refractivity contribution in [1.29, 1.82) is 0 Å². The van der Waals surface area contributed by atoms with Crippen LogP contribution < -0.4 is 5.73 Å². The molecule has 0 aliphatic heterocycles. The summed E-state index contributed by atoms with van der Waals surface area (Å²) < 4.78 is 2.07. The molecule has 4 nitrogen and oxygen atoms in total. The van der Waals surface area contributed by atoms with E-state index >= 15 is 0 Å². The first-order chi connectivity index (χ1) is 8.66. The SMILES string of the molecule is CN(C(=O)c1cc(N)cn1C1CC1)C1CCCC1. The van der Waals surface area contributed by atoms with Gasteiger partial charge in [0.15, 0.2) is 0 Å². The monoisotopic (exact) mass is 247 g/mol. The minimum atomic E-state index is 0.130. The topological polar surface area (TPSA) is 51.3 Å². The summed E-state index contributed by atoms with van der Waals surface area (Å²) in [6.45, 7) is 0. The van der Waals surface area contributed by atoms with Crippen molar-refractivity contribution >= 4 is 11.6 Å². The van der Waals surface area contributed by atoms with Gasteiger partial charge in [0.25, 0.3) is 5.91 Å². The van der Waals surface area contributed by atoms with E-state index in [2.05, 4.69) is 4.57 Å². The van der Waals surface area contributed by atoms with Crippen LogP contribution >= 0.6 is 0 Å². The highest BCUT2D eigenvalue weighted by atomic mass is 16.2. The van der Waals surface area contributed by atoms with Crippen LogP contribution in [0.25, 0.3) is 0 Å². The minimum absolute atomic E-state index is 0.130. The molecule has 18 heavy (non-hydrogen) atoms. The number of rotatable bonds is 3. The number of hydrogen-bond donors (Lipinski definition) is 1. The van der Waals surface area contributed by atoms with E-state index in [1.54, 1.807) is 0 Å². The summed E-state index contributed by atoms with van der Waals surface area (Å²) >= 11 is 0. The third-order valence-corrected chi connectivity index (χ3v) is 4.22. The van der Waals surface area contributed by atoms with Gasteiger partial charge < -0.3 is 15.2 Å². The van der Waals surface area contributed by atoms with Gasteiger partial charge in [-0.1, -0.05) is 12.8 Å². The maximum Gasteiger partial charge on any atom is 0.270 e. The molecule has 2 aliphatic carbocycles. The summed E-state index contributed by atoms with van der Waals surface area (Å²) in [7, 11) is 1.93. The van der Waals surface area contributed by atoms with E-state index < -0.39 is 0 Å². The molecule has 0 atom stereocenters. The van der Waals surface area contributed by atoms with Gasteiger partial charge in [-0.05, 0) is 31.7 Å². The highest BCUT2D eigenvalue weighted by Crippen LogP contribution is 2.37. The van der Waals surface area contributed by atoms with Gasteiger partial charge >= 0.3 is 0 Å². The van der Waals surface area contributed by atoms with Crippen molar-refractivity contribution in [2.24, 2.45) is 0 Å². The molecule has 0 bridgehead atoms. The molecule has 4 heteroatoms. The van der Waals surface area contributed by atoms with Gasteiger partial charge in [-0.2, -0.15) is 0 Å². The quantitative estimate of drug-likeness (QED) is 0.891. The second-order valence-electron chi connectivity index (χ2n) is 5.65. The number of anilines is 1. The Morgan fingerprint density at radius 2 is 2.00 bits per heavy atom. The normalized spacial score (nSPS) is 20.3. The molecule has 2 aliphatic rings. The second kappa shape index (κ2) is 4.34. The highest BCUT2D eigenvalue weighted by Gasteiger charge is 2.31. The van der Waals surface area contributed by atoms with Crippen LogP contribution in [-0.2, 0) is 0 Å². The van der Waals surface area contributed by atoms with Gasteiger partial charge in [-0.3, -0.25) is 4.79 Å². The zero-order valence-corrected chi connectivity index (χ0v) is 10.9. The maximum atomic E-state index is 12.5. The first-order valence-electron chi connectivity index (χ1n) is 6.91. The molecule has 2 N–H and O–H groups in total. The van der Waals surface area contributed by atoms with Crippen LogP contribution in [0, 0.1) is 0 Å². The lowest BCUT2D eigenvalue weighted by Crippen LogP contribution is -2.36. The molecule has 0 aromatic carbocycles. The smallest absolute Gasteiger partial charge is 0.270 e. The van der Waals surface area contributed by atoms with E-state index in [9.17, 15) is 4.79 Å². The van der Waals surface area contributed by atoms with Crippen LogP contribution in [0.1, 0.15) is 55.1 Å². The molecule has 2 saturated carbocycles. The molecule has 1 aromatic rings. The number of aromatic nitrogens is 1. The van der Waals surface area contributed by atoms with E-state index in [1.807, 2.05) is 24.2 Å². The first kappa shape index (κ1) is 11.6. The van der Waals surface area contributed by atoms with E-state index in [4.69, 9.17) is 5.73 Å². The molecular weight excluding hydrogens is 226 g/mol. The standard InChI is InChI=1S/C14H21N3O/c1-16(11-4-2-3-5-11)14(18)13-8-10(15)9-17(13)12-6-7-12/h8-9,11-12H,2-7,15H2,1H3. The molecule has 3 rings (SSSR count). The molecule has 0 saturated heterocycles. The van der Waals surface area contributed by atoms with Crippen molar-refractivity contribution in [2.75, 3.05) is 12.8 Å². The van der Waals surface area contributed by atoms with Crippen LogP contribution in [-0.4, -0.2) is 28.5 Å². The van der Waals surface area contributed by atoms with Crippen molar-refractivity contribution in [2.45, 2.75) is 50.6 Å². The predicted octanol–water partition coefficient (Wildman–Crippen LogP) is 2.42. The van der Waals surface area contributed by atoms with E-state index in [0.29, 0.717) is 17.8 Å². The molecule has 0 unspecified atom stereocenters. The number of carbonyl (C=O) groups is 1. The number of hydrogen-bond acceptors (Lipinski definition) is 2. The molecule has 2 fully saturated rings. The maximum absolute atomic E-state index is 12.5. The van der Waals surface area contributed by atoms with Gasteiger partial charge in [-0.15, -0.1) is 0 Å². The fraction of sp³-hybridized carbons (Fsp3) is 0.643. The Hall–Kier alpha value is -1.45. The van der Waals surface area contributed by atoms with Crippen LogP contribution in [0.2, 0.25) is 0 Å². The summed E-state index contributed by atoms with van der Waals surface area (Å²) in [6.07, 6.45) is 9.02. The molecular formula is C14H21N3O. The lowest BCUT2D eigenvalue weighted by atomic mass is 10.2. The molecule has 1 amide bonds. The fourth-order valence-electron chi connectivity index (χ4n) is 2.96. The Kier molecular flexibility index (Phi) is 2.80. The Bertz CT molecular complexity index is 456. The second-order valence-corrected chi connectivity index (χ2v) is 5.65. The zero-order valence-electron chi connectivity index (χ0n) is 10.9. The lowest BCUT2D eigenvalue weighted by molar-refractivity contribution is 0.0724. The van der Waals surface area contributed by atoms with Crippen molar-refractivity contribution in [3.63, 3.8) is 0 Å². The molecule has 0 spiro atoms. The van der Waals surface area contributed by atoms with Crippen molar-refractivity contribution in [1.82, 2.24) is 9.47 Å². The summed E-state index contributed by atoms with van der Waals surface area (Å²) in [5.41, 5.74) is 7.31. The van der Waals surface area contributed by atoms with Gasteiger partial charge in [-0.25, -0.2) is 0 Å². The van der Waals surface area contributed by atoms with Crippen molar-refractivity contribution in [3.05, 3.63) is 18.0 Å². The molecule has 1 aromatic heterocycles. The van der Waals surface area contributed by atoms with Crippen molar-refractivity contribution in [3.8, 4) is 0 Å². The van der Waals surface area contributed by atoms with Crippen LogP contribution in [0.5, 0.6) is 0 Å². The largest absolute Gasteiger partial charge is 0.397 e. The lowest BCUT2D eigenvalue weighted by Gasteiger charge is -2.24. The Labute approximate surface area is 108 Å². The van der Waals surface area contributed by atoms with Crippen molar-refractivity contribution < 1.29 is 4.79 Å². The summed E-state index contributed by atoms with van der Waals surface area (Å²) in [5.74, 6) is 0.130. The van der Waals surface area contributed by atoms with Crippen LogP contribution in [0.15, 0.2) is 12.3 Å². The molecule has 0 radical (unpaired) electrons. The Morgan fingerprint density at radius 1 is 1.33 bits per heavy atom. The van der Waals surface area contributed by atoms with Crippen LogP contribution in [0.4, 0.5) is 5.69 Å². The average molecular weight is 247 g/mol. The number of carbonyl (C=O) groups excluding carboxylic acids is 1. The van der Waals surface area contributed by atoms with E-state index in [-0.39, 0.29) is 5.91 Å². The predicted molar refractivity (Wildman–Crippen MR) is 71.5 cm³/mol. The minimum Gasteiger partial charge on any atom is -0.397 e. The van der Waals surface area contributed by atoms with Crippen LogP contribution in [0.3, 0.4) is 0 Å². The van der Waals surface area contributed by atoms with E-state index in [0.717, 1.165) is 18.5 Å². The fourth-order valence-corrected chi connectivity index (χ4v) is 2.96. The Morgan fingerprint density at radius 3 is 2.61 bits per heavy atom. The average Bonchev–Trinajstić information content (AvgIpc) is 2.91. The summed E-state index contributed by atoms with van der Waals surface area (Å²) in [5, 5.41) is 0. The van der Waals surface area contributed by atoms with Gasteiger partial charge in [0.1, 0.15) is 5.69 Å². The number of nitrogens with zero attached hydrogens (tertiary/aromatic N) is 2.